The van der Waals surface area contributed by atoms with Crippen LogP contribution in [-0.2, 0) is 12.8 Å². The van der Waals surface area contributed by atoms with Gasteiger partial charge in [-0.05, 0) is 52.7 Å². The number of nitrogens with zero attached hydrogens (tertiary/aromatic N) is 2. The number of benzene rings is 4. The molecule has 0 fully saturated rings. The molecule has 1 amide bonds. The van der Waals surface area contributed by atoms with Crippen LogP contribution in [0.4, 0.5) is 18.9 Å². The number of carbonyl (C=O) groups is 1. The Labute approximate surface area is 203 Å². The fraction of sp³-hybridized carbons (Fsp3) is 0.0769. The number of carbonyl (C=O) groups excluding carboxylic acids is 1. The number of fused-ring (bicyclic) bond motifs is 1. The lowest BCUT2D eigenvalue weighted by atomic mass is 10.0. The Kier molecular flexibility index (Phi) is 6.95. The molecule has 0 radical (unpaired) electrons. The number of nitro groups is 1. The Bertz CT molecular complexity index is 1450. The van der Waals surface area contributed by atoms with Crippen LogP contribution >= 0.6 is 0 Å². The number of alkyl halides is 3. The van der Waals surface area contributed by atoms with E-state index in [9.17, 15) is 28.1 Å². The van der Waals surface area contributed by atoms with Gasteiger partial charge in [0.25, 0.3) is 11.6 Å². The number of rotatable bonds is 7. The molecular weight excluding hydrogens is 475 g/mol. The van der Waals surface area contributed by atoms with Gasteiger partial charge in [0.1, 0.15) is 12.4 Å². The summed E-state index contributed by atoms with van der Waals surface area (Å²) in [6, 6.07) is 20.9. The minimum absolute atomic E-state index is 0.0335. The highest BCUT2D eigenvalue weighted by Gasteiger charge is 2.30. The molecule has 182 valence electrons. The second kappa shape index (κ2) is 10.3. The molecule has 36 heavy (non-hydrogen) atoms. The van der Waals surface area contributed by atoms with Gasteiger partial charge in [0, 0.05) is 23.3 Å². The van der Waals surface area contributed by atoms with Gasteiger partial charge in [0.05, 0.1) is 16.7 Å². The largest absolute Gasteiger partial charge is 0.488 e. The zero-order chi connectivity index (χ0) is 25.7. The molecule has 0 bridgehead atoms. The molecule has 0 aliphatic rings. The number of ether oxygens (including phenoxy) is 1. The Balaban J connectivity index is 1.55. The highest BCUT2D eigenvalue weighted by molar-refractivity contribution is 6.03. The van der Waals surface area contributed by atoms with Crippen molar-refractivity contribution in [2.75, 3.05) is 0 Å². The van der Waals surface area contributed by atoms with Crippen molar-refractivity contribution in [3.8, 4) is 5.75 Å². The van der Waals surface area contributed by atoms with Crippen molar-refractivity contribution < 1.29 is 27.6 Å². The van der Waals surface area contributed by atoms with Crippen LogP contribution in [0.5, 0.6) is 5.75 Å². The zero-order valence-electron chi connectivity index (χ0n) is 18.5. The predicted octanol–water partition coefficient (Wildman–Crippen LogP) is 6.11. The summed E-state index contributed by atoms with van der Waals surface area (Å²) in [5.41, 5.74) is 2.34. The number of hydrazone groups is 1. The Morgan fingerprint density at radius 2 is 1.75 bits per heavy atom. The summed E-state index contributed by atoms with van der Waals surface area (Å²) in [5.74, 6) is -0.366. The molecule has 0 saturated heterocycles. The third-order valence-corrected chi connectivity index (χ3v) is 5.28. The van der Waals surface area contributed by atoms with E-state index in [0.717, 1.165) is 29.0 Å². The molecule has 4 aromatic carbocycles. The van der Waals surface area contributed by atoms with E-state index >= 15 is 0 Å². The van der Waals surface area contributed by atoms with Gasteiger partial charge in [-0.1, -0.05) is 36.4 Å². The van der Waals surface area contributed by atoms with Gasteiger partial charge in [0.15, 0.2) is 0 Å². The molecule has 10 heteroatoms. The average molecular weight is 493 g/mol. The van der Waals surface area contributed by atoms with E-state index in [4.69, 9.17) is 4.74 Å². The summed E-state index contributed by atoms with van der Waals surface area (Å²) in [6.45, 7) is 0.119. The second-order valence-corrected chi connectivity index (χ2v) is 7.69. The average Bonchev–Trinajstić information content (AvgIpc) is 2.87. The van der Waals surface area contributed by atoms with Gasteiger partial charge in [-0.2, -0.15) is 18.3 Å². The number of nitro benzene ring substituents is 1. The Morgan fingerprint density at radius 3 is 2.47 bits per heavy atom. The van der Waals surface area contributed by atoms with Gasteiger partial charge < -0.3 is 4.74 Å². The summed E-state index contributed by atoms with van der Waals surface area (Å²) in [5, 5.41) is 16.4. The van der Waals surface area contributed by atoms with E-state index in [0.29, 0.717) is 16.9 Å². The first-order chi connectivity index (χ1) is 17.2. The van der Waals surface area contributed by atoms with Gasteiger partial charge in [-0.25, -0.2) is 5.43 Å². The smallest absolute Gasteiger partial charge is 0.416 e. The van der Waals surface area contributed by atoms with Crippen LogP contribution in [-0.4, -0.2) is 17.0 Å². The van der Waals surface area contributed by atoms with Crippen molar-refractivity contribution in [1.82, 2.24) is 5.43 Å². The van der Waals surface area contributed by atoms with Crippen LogP contribution in [0.1, 0.15) is 27.0 Å². The van der Waals surface area contributed by atoms with E-state index in [1.165, 1.54) is 24.4 Å². The molecular formula is C26H18F3N3O4. The summed E-state index contributed by atoms with van der Waals surface area (Å²) < 4.78 is 44.8. The van der Waals surface area contributed by atoms with E-state index in [-0.39, 0.29) is 17.9 Å². The van der Waals surface area contributed by atoms with Gasteiger partial charge in [0.2, 0.25) is 0 Å². The van der Waals surface area contributed by atoms with Crippen molar-refractivity contribution in [3.05, 3.63) is 117 Å². The van der Waals surface area contributed by atoms with E-state index in [2.05, 4.69) is 10.5 Å². The molecule has 1 N–H and O–H groups in total. The summed E-state index contributed by atoms with van der Waals surface area (Å²) in [4.78, 5) is 22.7. The first-order valence-electron chi connectivity index (χ1n) is 10.6. The van der Waals surface area contributed by atoms with Gasteiger partial charge in [-0.15, -0.1) is 0 Å². The number of hydrogen-bond donors (Lipinski definition) is 1. The zero-order valence-corrected chi connectivity index (χ0v) is 18.5. The standard InChI is InChI=1S/C26H18F3N3O4/c27-26(28,29)20-6-3-5-19(14-20)25(33)31-30-15-23-22-7-2-1-4-18(22)10-13-24(23)36-16-17-8-11-21(12-9-17)32(34)35/h1-15H,16H2,(H,31,33)/b30-15-. The summed E-state index contributed by atoms with van der Waals surface area (Å²) in [6.07, 6.45) is -3.21. The molecule has 0 aliphatic carbocycles. The number of hydrogen-bond acceptors (Lipinski definition) is 5. The molecule has 0 unspecified atom stereocenters. The first kappa shape index (κ1) is 24.4. The maximum atomic E-state index is 12.9. The molecule has 4 aromatic rings. The van der Waals surface area contributed by atoms with E-state index in [1.807, 2.05) is 30.3 Å². The van der Waals surface area contributed by atoms with Crippen LogP contribution in [0.2, 0.25) is 0 Å². The lowest BCUT2D eigenvalue weighted by Crippen LogP contribution is -2.18. The Morgan fingerprint density at radius 1 is 1.00 bits per heavy atom. The topological polar surface area (TPSA) is 93.8 Å². The van der Waals surface area contributed by atoms with Crippen LogP contribution < -0.4 is 10.2 Å². The lowest BCUT2D eigenvalue weighted by molar-refractivity contribution is -0.384. The van der Waals surface area contributed by atoms with Crippen LogP contribution in [0.15, 0.2) is 90.0 Å². The molecule has 4 rings (SSSR count). The van der Waals surface area contributed by atoms with Crippen molar-refractivity contribution in [3.63, 3.8) is 0 Å². The molecule has 0 aromatic heterocycles. The third-order valence-electron chi connectivity index (χ3n) is 5.28. The normalized spacial score (nSPS) is 11.5. The van der Waals surface area contributed by atoms with Crippen molar-refractivity contribution >= 4 is 28.6 Å². The van der Waals surface area contributed by atoms with Crippen LogP contribution in [0.3, 0.4) is 0 Å². The summed E-state index contributed by atoms with van der Waals surface area (Å²) >= 11 is 0. The fourth-order valence-electron chi connectivity index (χ4n) is 3.47. The predicted molar refractivity (Wildman–Crippen MR) is 128 cm³/mol. The molecule has 0 atom stereocenters. The maximum absolute atomic E-state index is 12.9. The molecule has 0 saturated carbocycles. The lowest BCUT2D eigenvalue weighted by Gasteiger charge is -2.12. The fourth-order valence-corrected chi connectivity index (χ4v) is 3.47. The number of non-ortho nitro benzene ring substituents is 1. The SMILES string of the molecule is O=C(N/N=C\c1c(OCc2ccc([N+](=O)[O-])cc2)ccc2ccccc12)c1cccc(C(F)(F)F)c1. The quantitative estimate of drug-likeness (QED) is 0.191. The van der Waals surface area contributed by atoms with Crippen molar-refractivity contribution in [2.45, 2.75) is 12.8 Å². The maximum Gasteiger partial charge on any atom is 0.416 e. The van der Waals surface area contributed by atoms with Crippen molar-refractivity contribution in [1.29, 1.82) is 0 Å². The molecule has 0 heterocycles. The first-order valence-corrected chi connectivity index (χ1v) is 10.6. The monoisotopic (exact) mass is 493 g/mol. The Hall–Kier alpha value is -4.73. The van der Waals surface area contributed by atoms with Gasteiger partial charge >= 0.3 is 6.18 Å². The minimum Gasteiger partial charge on any atom is -0.488 e. The van der Waals surface area contributed by atoms with E-state index in [1.54, 1.807) is 18.2 Å². The molecule has 0 spiro atoms. The van der Waals surface area contributed by atoms with Crippen LogP contribution in [0, 0.1) is 10.1 Å². The molecule has 7 nitrogen and oxygen atoms in total. The third kappa shape index (κ3) is 5.66. The number of halogens is 3. The second-order valence-electron chi connectivity index (χ2n) is 7.69. The minimum atomic E-state index is -4.57. The van der Waals surface area contributed by atoms with Crippen LogP contribution in [0.25, 0.3) is 10.8 Å². The highest BCUT2D eigenvalue weighted by atomic mass is 19.4. The number of amides is 1. The van der Waals surface area contributed by atoms with Gasteiger partial charge in [-0.3, -0.25) is 14.9 Å². The van der Waals surface area contributed by atoms with Crippen molar-refractivity contribution in [2.24, 2.45) is 5.10 Å². The van der Waals surface area contributed by atoms with E-state index < -0.39 is 22.6 Å². The highest BCUT2D eigenvalue weighted by Crippen LogP contribution is 2.30. The number of nitrogens with one attached hydrogen (secondary N) is 1. The molecule has 0 aliphatic heterocycles. The summed E-state index contributed by atoms with van der Waals surface area (Å²) in [7, 11) is 0.